The Morgan fingerprint density at radius 3 is 1.98 bits per heavy atom. The highest BCUT2D eigenvalue weighted by Crippen LogP contribution is 2.45. The van der Waals surface area contributed by atoms with Crippen molar-refractivity contribution in [1.29, 1.82) is 0 Å². The molecule has 0 aliphatic heterocycles. The third kappa shape index (κ3) is 3.55. The molecule has 0 saturated heterocycles. The van der Waals surface area contributed by atoms with Gasteiger partial charge in [0.2, 0.25) is 0 Å². The van der Waals surface area contributed by atoms with Gasteiger partial charge in [-0.2, -0.15) is 0 Å². The van der Waals surface area contributed by atoms with E-state index in [0.717, 1.165) is 43.8 Å². The molecule has 7 aromatic carbocycles. The number of hydrogen-bond donors (Lipinski definition) is 0. The molecule has 0 amide bonds. The summed E-state index contributed by atoms with van der Waals surface area (Å²) in [6.45, 7) is 0. The lowest BCUT2D eigenvalue weighted by molar-refractivity contribution is 1.09. The van der Waals surface area contributed by atoms with E-state index in [0.29, 0.717) is 0 Å². The van der Waals surface area contributed by atoms with E-state index in [9.17, 15) is 0 Å². The van der Waals surface area contributed by atoms with E-state index in [1.165, 1.54) is 57.2 Å². The second-order valence-electron chi connectivity index (χ2n) is 12.2. The van der Waals surface area contributed by atoms with Crippen molar-refractivity contribution in [2.75, 3.05) is 0 Å². The van der Waals surface area contributed by atoms with Crippen LogP contribution in [0.25, 0.3) is 101 Å². The smallest absolute Gasteiger partial charge is 0.166 e. The first kappa shape index (κ1) is 25.6. The Kier molecular flexibility index (Phi) is 5.14. The van der Waals surface area contributed by atoms with Gasteiger partial charge in [-0.25, -0.2) is 9.97 Å². The average molecular weight is 634 g/mol. The van der Waals surface area contributed by atoms with Crippen LogP contribution in [0.3, 0.4) is 0 Å². The van der Waals surface area contributed by atoms with Crippen molar-refractivity contribution in [3.05, 3.63) is 140 Å². The molecule has 0 bridgehead atoms. The molecule has 4 heterocycles. The van der Waals surface area contributed by atoms with E-state index in [1.807, 2.05) is 11.3 Å². The van der Waals surface area contributed by atoms with Gasteiger partial charge < -0.3 is 0 Å². The molecule has 0 fully saturated rings. The van der Waals surface area contributed by atoms with Gasteiger partial charge in [0.05, 0.1) is 11.0 Å². The van der Waals surface area contributed by atoms with Crippen LogP contribution in [0, 0.1) is 0 Å². The molecule has 0 aliphatic carbocycles. The van der Waals surface area contributed by atoms with Gasteiger partial charge in [0.1, 0.15) is 16.0 Å². The van der Waals surface area contributed by atoms with Gasteiger partial charge in [0.15, 0.2) is 5.82 Å². The monoisotopic (exact) mass is 633 g/mol. The van der Waals surface area contributed by atoms with Crippen LogP contribution in [-0.2, 0) is 0 Å². The summed E-state index contributed by atoms with van der Waals surface area (Å²) in [7, 11) is 0. The van der Waals surface area contributed by atoms with Crippen LogP contribution in [0.15, 0.2) is 140 Å². The fraction of sp³-hybridized carbons (Fsp3) is 0. The molecular formula is C42H23N3S2. The van der Waals surface area contributed by atoms with Gasteiger partial charge in [-0.3, -0.25) is 4.57 Å². The fourth-order valence-electron chi connectivity index (χ4n) is 7.52. The summed E-state index contributed by atoms with van der Waals surface area (Å²) in [6, 6.07) is 50.4. The lowest BCUT2D eigenvalue weighted by atomic mass is 10.0. The average Bonchev–Trinajstić information content (AvgIpc) is 3.79. The standard InChI is InChI=1S/C42H23N3S2/c1-2-12-26-23-33-31(22-25(26)11-1)37-27-13-4-3-10-24(27)20-21-32(37)45(33)41-39(43-40-29-15-6-8-18-35(29)47-42(40)44-41)30-16-9-19-36-38(30)28-14-5-7-17-34(28)46-36/h1-23H. The summed E-state index contributed by atoms with van der Waals surface area (Å²) in [6.07, 6.45) is 0. The van der Waals surface area contributed by atoms with E-state index in [2.05, 4.69) is 144 Å². The molecule has 0 atom stereocenters. The third-order valence-corrected chi connectivity index (χ3v) is 11.8. The number of rotatable bonds is 2. The Morgan fingerprint density at radius 1 is 0.447 bits per heavy atom. The van der Waals surface area contributed by atoms with E-state index in [-0.39, 0.29) is 0 Å². The second kappa shape index (κ2) is 9.46. The first-order valence-electron chi connectivity index (χ1n) is 15.8. The summed E-state index contributed by atoms with van der Waals surface area (Å²) in [5.41, 5.74) is 5.23. The van der Waals surface area contributed by atoms with E-state index in [4.69, 9.17) is 9.97 Å². The summed E-state index contributed by atoms with van der Waals surface area (Å²) >= 11 is 3.55. The van der Waals surface area contributed by atoms with Crippen molar-refractivity contribution in [3.8, 4) is 17.1 Å². The van der Waals surface area contributed by atoms with E-state index in [1.54, 1.807) is 11.3 Å². The first-order chi connectivity index (χ1) is 23.3. The highest BCUT2D eigenvalue weighted by molar-refractivity contribution is 7.26. The molecule has 0 aliphatic rings. The van der Waals surface area contributed by atoms with Crippen molar-refractivity contribution < 1.29 is 0 Å². The maximum Gasteiger partial charge on any atom is 0.166 e. The van der Waals surface area contributed by atoms with Crippen LogP contribution >= 0.6 is 22.7 Å². The highest BCUT2D eigenvalue weighted by Gasteiger charge is 2.24. The lowest BCUT2D eigenvalue weighted by Crippen LogP contribution is -2.03. The summed E-state index contributed by atoms with van der Waals surface area (Å²) in [4.78, 5) is 12.1. The molecule has 4 aromatic heterocycles. The van der Waals surface area contributed by atoms with Crippen LogP contribution < -0.4 is 0 Å². The Bertz CT molecular complexity index is 3090. The number of thiophene rings is 2. The maximum atomic E-state index is 5.60. The minimum atomic E-state index is 0.859. The predicted octanol–water partition coefficient (Wildman–Crippen LogP) is 12.3. The number of nitrogens with zero attached hydrogens (tertiary/aromatic N) is 3. The molecular weight excluding hydrogens is 611 g/mol. The van der Waals surface area contributed by atoms with Gasteiger partial charge in [0.25, 0.3) is 0 Å². The van der Waals surface area contributed by atoms with Crippen molar-refractivity contribution in [1.82, 2.24) is 14.5 Å². The predicted molar refractivity (Wildman–Crippen MR) is 203 cm³/mol. The van der Waals surface area contributed by atoms with Gasteiger partial charge in [-0.1, -0.05) is 103 Å². The van der Waals surface area contributed by atoms with Gasteiger partial charge in [0, 0.05) is 46.6 Å². The Balaban J connectivity index is 1.37. The van der Waals surface area contributed by atoms with Crippen molar-refractivity contribution >= 4 is 107 Å². The molecule has 0 radical (unpaired) electrons. The minimum absolute atomic E-state index is 0.859. The van der Waals surface area contributed by atoms with Gasteiger partial charge in [-0.15, -0.1) is 22.7 Å². The Hall–Kier alpha value is -5.62. The zero-order valence-corrected chi connectivity index (χ0v) is 26.6. The third-order valence-electron chi connectivity index (χ3n) is 9.59. The molecule has 0 unspecified atom stereocenters. The quantitative estimate of drug-likeness (QED) is 0.190. The Labute approximate surface area is 276 Å². The van der Waals surface area contributed by atoms with Crippen LogP contribution in [0.5, 0.6) is 0 Å². The molecule has 0 spiro atoms. The van der Waals surface area contributed by atoms with Crippen LogP contribution in [0.4, 0.5) is 0 Å². The molecule has 0 saturated carbocycles. The second-order valence-corrected chi connectivity index (χ2v) is 14.3. The molecule has 5 heteroatoms. The fourth-order valence-corrected chi connectivity index (χ4v) is 9.67. The summed E-state index contributed by atoms with van der Waals surface area (Å²) < 4.78 is 6.11. The highest BCUT2D eigenvalue weighted by atomic mass is 32.1. The molecule has 218 valence electrons. The summed E-state index contributed by atoms with van der Waals surface area (Å²) in [5.74, 6) is 0.859. The normalized spacial score (nSPS) is 12.3. The molecule has 11 aromatic rings. The topological polar surface area (TPSA) is 30.7 Å². The zero-order chi connectivity index (χ0) is 30.6. The Morgan fingerprint density at radius 2 is 1.13 bits per heavy atom. The molecule has 3 nitrogen and oxygen atoms in total. The SMILES string of the molecule is c1ccc2cc3c(cc2c1)c1c2ccccc2ccc1n3-c1nc2sc3ccccc3c2nc1-c1cccc2sc3ccccc3c12. The molecule has 11 rings (SSSR count). The molecule has 47 heavy (non-hydrogen) atoms. The maximum absolute atomic E-state index is 5.60. The largest absolute Gasteiger partial charge is 0.292 e. The van der Waals surface area contributed by atoms with Crippen molar-refractivity contribution in [2.45, 2.75) is 0 Å². The van der Waals surface area contributed by atoms with Crippen LogP contribution in [0.1, 0.15) is 0 Å². The van der Waals surface area contributed by atoms with Crippen LogP contribution in [0.2, 0.25) is 0 Å². The summed E-state index contributed by atoms with van der Waals surface area (Å²) in [5, 5.41) is 11.0. The van der Waals surface area contributed by atoms with Crippen LogP contribution in [-0.4, -0.2) is 14.5 Å². The lowest BCUT2D eigenvalue weighted by Gasteiger charge is -2.14. The van der Waals surface area contributed by atoms with E-state index < -0.39 is 0 Å². The number of benzene rings is 7. The van der Waals surface area contributed by atoms with Crippen molar-refractivity contribution in [2.24, 2.45) is 0 Å². The molecule has 0 N–H and O–H groups in total. The first-order valence-corrected chi connectivity index (χ1v) is 17.4. The minimum Gasteiger partial charge on any atom is -0.292 e. The van der Waals surface area contributed by atoms with E-state index >= 15 is 0 Å². The van der Waals surface area contributed by atoms with Crippen molar-refractivity contribution in [3.63, 3.8) is 0 Å². The van der Waals surface area contributed by atoms with Gasteiger partial charge >= 0.3 is 0 Å². The number of hydrogen-bond acceptors (Lipinski definition) is 4. The number of fused-ring (bicyclic) bond motifs is 12. The number of aromatic nitrogens is 3. The van der Waals surface area contributed by atoms with Gasteiger partial charge in [-0.05, 0) is 57.9 Å². The zero-order valence-electron chi connectivity index (χ0n) is 24.9.